The molecule has 0 aliphatic carbocycles. The molecular weight excluding hydrogens is 206 g/mol. The first-order valence-corrected chi connectivity index (χ1v) is 6.11. The number of aldehydes is 1. The molecule has 15 heavy (non-hydrogen) atoms. The maximum Gasteiger partial charge on any atom is 0.146 e. The van der Waals surface area contributed by atoms with E-state index in [4.69, 9.17) is 0 Å². The Morgan fingerprint density at radius 1 is 1.47 bits per heavy atom. The molecule has 0 aliphatic rings. The number of nitrogens with one attached hydrogen (secondary N) is 1. The standard InChI is InChI=1S/C12H21NOS/c1-9(2)6-13-11(4)12(5)15-8-10(3)7-14/h7-9,12-13H,4,6H2,1-3,5H3/b10-8+. The van der Waals surface area contributed by atoms with Crippen molar-refractivity contribution in [1.29, 1.82) is 0 Å². The number of carbonyl (C=O) groups is 1. The van der Waals surface area contributed by atoms with Crippen molar-refractivity contribution in [1.82, 2.24) is 5.32 Å². The Morgan fingerprint density at radius 3 is 2.53 bits per heavy atom. The van der Waals surface area contributed by atoms with Crippen molar-refractivity contribution in [2.75, 3.05) is 6.54 Å². The van der Waals surface area contributed by atoms with Gasteiger partial charge in [0.25, 0.3) is 0 Å². The minimum atomic E-state index is 0.290. The van der Waals surface area contributed by atoms with Crippen molar-refractivity contribution < 1.29 is 4.79 Å². The monoisotopic (exact) mass is 227 g/mol. The lowest BCUT2D eigenvalue weighted by atomic mass is 10.2. The van der Waals surface area contributed by atoms with Crippen LogP contribution in [0.1, 0.15) is 27.7 Å². The molecule has 1 unspecified atom stereocenters. The number of hydrogen-bond donors (Lipinski definition) is 1. The third kappa shape index (κ3) is 7.25. The van der Waals surface area contributed by atoms with Gasteiger partial charge in [-0.25, -0.2) is 0 Å². The molecule has 0 bridgehead atoms. The summed E-state index contributed by atoms with van der Waals surface area (Å²) in [6.45, 7) is 13.1. The van der Waals surface area contributed by atoms with Crippen molar-refractivity contribution in [3.63, 3.8) is 0 Å². The highest BCUT2D eigenvalue weighted by molar-refractivity contribution is 8.02. The Morgan fingerprint density at radius 2 is 2.07 bits per heavy atom. The van der Waals surface area contributed by atoms with Gasteiger partial charge < -0.3 is 5.32 Å². The van der Waals surface area contributed by atoms with E-state index in [9.17, 15) is 4.79 Å². The Bertz CT molecular complexity index is 246. The number of rotatable bonds is 7. The van der Waals surface area contributed by atoms with Gasteiger partial charge >= 0.3 is 0 Å². The van der Waals surface area contributed by atoms with E-state index >= 15 is 0 Å². The summed E-state index contributed by atoms with van der Waals surface area (Å²) in [4.78, 5) is 10.4. The van der Waals surface area contributed by atoms with Gasteiger partial charge in [-0.1, -0.05) is 20.4 Å². The summed E-state index contributed by atoms with van der Waals surface area (Å²) in [5.74, 6) is 0.617. The molecule has 0 aliphatic heterocycles. The van der Waals surface area contributed by atoms with Gasteiger partial charge in [-0.15, -0.1) is 11.8 Å². The van der Waals surface area contributed by atoms with E-state index in [1.54, 1.807) is 18.7 Å². The van der Waals surface area contributed by atoms with Crippen LogP contribution in [0.4, 0.5) is 0 Å². The minimum Gasteiger partial charge on any atom is -0.388 e. The molecule has 0 rings (SSSR count). The van der Waals surface area contributed by atoms with Gasteiger partial charge in [0.2, 0.25) is 0 Å². The van der Waals surface area contributed by atoms with Crippen LogP contribution in [0.15, 0.2) is 23.3 Å². The second kappa shape index (κ2) is 7.57. The van der Waals surface area contributed by atoms with E-state index in [1.807, 2.05) is 5.41 Å². The van der Waals surface area contributed by atoms with Gasteiger partial charge in [0.1, 0.15) is 6.29 Å². The average Bonchev–Trinajstić information content (AvgIpc) is 2.21. The summed E-state index contributed by atoms with van der Waals surface area (Å²) in [5.41, 5.74) is 1.77. The van der Waals surface area contributed by atoms with Gasteiger partial charge in [0, 0.05) is 17.5 Å². The lowest BCUT2D eigenvalue weighted by Crippen LogP contribution is -2.23. The summed E-state index contributed by atoms with van der Waals surface area (Å²) in [5, 5.41) is 5.46. The van der Waals surface area contributed by atoms with E-state index in [2.05, 4.69) is 32.7 Å². The van der Waals surface area contributed by atoms with Crippen LogP contribution in [-0.4, -0.2) is 18.1 Å². The molecule has 0 spiro atoms. The molecule has 1 atom stereocenters. The Kier molecular flexibility index (Phi) is 7.22. The lowest BCUT2D eigenvalue weighted by Gasteiger charge is -2.16. The van der Waals surface area contributed by atoms with Crippen LogP contribution in [0.3, 0.4) is 0 Å². The largest absolute Gasteiger partial charge is 0.388 e. The molecule has 0 aromatic carbocycles. The molecule has 0 radical (unpaired) electrons. The highest BCUT2D eigenvalue weighted by Gasteiger charge is 2.05. The highest BCUT2D eigenvalue weighted by atomic mass is 32.2. The summed E-state index contributed by atoms with van der Waals surface area (Å²) in [6.07, 6.45) is 0.865. The van der Waals surface area contributed by atoms with Crippen LogP contribution in [-0.2, 0) is 4.79 Å². The van der Waals surface area contributed by atoms with Crippen LogP contribution in [0.2, 0.25) is 0 Å². The van der Waals surface area contributed by atoms with Crippen LogP contribution >= 0.6 is 11.8 Å². The molecule has 0 aromatic rings. The Balaban J connectivity index is 3.94. The van der Waals surface area contributed by atoms with Gasteiger partial charge in [0.05, 0.1) is 0 Å². The predicted molar refractivity (Wildman–Crippen MR) is 68.9 cm³/mol. The van der Waals surface area contributed by atoms with Crippen molar-refractivity contribution >= 4 is 18.0 Å². The van der Waals surface area contributed by atoms with Crippen molar-refractivity contribution in [2.24, 2.45) is 5.92 Å². The SMILES string of the molecule is C=C(NCC(C)C)C(C)S/C=C(\C)C=O. The van der Waals surface area contributed by atoms with Crippen LogP contribution in [0.5, 0.6) is 0 Å². The molecule has 1 N–H and O–H groups in total. The fraction of sp³-hybridized carbons (Fsp3) is 0.583. The summed E-state index contributed by atoms with van der Waals surface area (Å²) >= 11 is 1.61. The molecule has 0 fully saturated rings. The first-order chi connectivity index (χ1) is 6.97. The number of allylic oxidation sites excluding steroid dienone is 1. The molecular formula is C12H21NOS. The summed E-state index contributed by atoms with van der Waals surface area (Å²) in [7, 11) is 0. The smallest absolute Gasteiger partial charge is 0.146 e. The van der Waals surface area contributed by atoms with E-state index in [-0.39, 0.29) is 0 Å². The number of thioether (sulfide) groups is 1. The zero-order valence-electron chi connectivity index (χ0n) is 10.0. The first kappa shape index (κ1) is 14.3. The molecule has 0 saturated heterocycles. The van der Waals surface area contributed by atoms with Crippen molar-refractivity contribution in [2.45, 2.75) is 32.9 Å². The minimum absolute atomic E-state index is 0.290. The average molecular weight is 227 g/mol. The quantitative estimate of drug-likeness (QED) is 0.535. The van der Waals surface area contributed by atoms with Gasteiger partial charge in [0.15, 0.2) is 0 Å². The molecule has 0 amide bonds. The zero-order valence-corrected chi connectivity index (χ0v) is 10.9. The van der Waals surface area contributed by atoms with Crippen LogP contribution in [0, 0.1) is 5.92 Å². The maximum absolute atomic E-state index is 10.4. The molecule has 0 heterocycles. The normalized spacial score (nSPS) is 13.8. The van der Waals surface area contributed by atoms with Crippen molar-refractivity contribution in [3.05, 3.63) is 23.3 Å². The summed E-state index contributed by atoms with van der Waals surface area (Å²) in [6, 6.07) is 0. The zero-order chi connectivity index (χ0) is 11.8. The molecule has 0 aromatic heterocycles. The Hall–Kier alpha value is -0.700. The number of carbonyl (C=O) groups excluding carboxylic acids is 1. The summed E-state index contributed by atoms with van der Waals surface area (Å²) < 4.78 is 0. The highest BCUT2D eigenvalue weighted by Crippen LogP contribution is 2.18. The third-order valence-electron chi connectivity index (χ3n) is 1.87. The fourth-order valence-electron chi connectivity index (χ4n) is 0.798. The Labute approximate surface area is 97.2 Å². The molecule has 0 saturated carbocycles. The van der Waals surface area contributed by atoms with E-state index in [0.29, 0.717) is 11.2 Å². The van der Waals surface area contributed by atoms with Crippen LogP contribution < -0.4 is 5.32 Å². The maximum atomic E-state index is 10.4. The first-order valence-electron chi connectivity index (χ1n) is 5.17. The van der Waals surface area contributed by atoms with E-state index in [1.165, 1.54) is 0 Å². The molecule has 86 valence electrons. The van der Waals surface area contributed by atoms with Gasteiger partial charge in [-0.05, 0) is 30.7 Å². The number of hydrogen-bond acceptors (Lipinski definition) is 3. The van der Waals surface area contributed by atoms with E-state index < -0.39 is 0 Å². The van der Waals surface area contributed by atoms with Gasteiger partial charge in [-0.2, -0.15) is 0 Å². The topological polar surface area (TPSA) is 29.1 Å². The molecule has 3 heteroatoms. The third-order valence-corrected chi connectivity index (χ3v) is 3.07. The lowest BCUT2D eigenvalue weighted by molar-refractivity contribution is -0.104. The van der Waals surface area contributed by atoms with Gasteiger partial charge in [-0.3, -0.25) is 4.79 Å². The predicted octanol–water partition coefficient (Wildman–Crippen LogP) is 2.97. The van der Waals surface area contributed by atoms with Crippen molar-refractivity contribution in [3.8, 4) is 0 Å². The fourth-order valence-corrected chi connectivity index (χ4v) is 1.52. The second-order valence-corrected chi connectivity index (χ2v) is 5.27. The second-order valence-electron chi connectivity index (χ2n) is 4.06. The molecule has 2 nitrogen and oxygen atoms in total. The van der Waals surface area contributed by atoms with Crippen LogP contribution in [0.25, 0.3) is 0 Å². The van der Waals surface area contributed by atoms with E-state index in [0.717, 1.165) is 24.1 Å².